The predicted molar refractivity (Wildman–Crippen MR) is 148 cm³/mol. The molecule has 1 aromatic heterocycles. The lowest BCUT2D eigenvalue weighted by Gasteiger charge is -2.12. The van der Waals surface area contributed by atoms with Crippen LogP contribution in [0.25, 0.3) is 16.5 Å². The molecule has 0 saturated heterocycles. The number of benzene rings is 4. The topological polar surface area (TPSA) is 71.8 Å². The van der Waals surface area contributed by atoms with Crippen LogP contribution in [0.5, 0.6) is 0 Å². The van der Waals surface area contributed by atoms with Gasteiger partial charge in [0.05, 0.1) is 6.54 Å². The third kappa shape index (κ3) is 5.42. The predicted octanol–water partition coefficient (Wildman–Crippen LogP) is 6.46. The van der Waals surface area contributed by atoms with Crippen LogP contribution in [0.3, 0.4) is 0 Å². The average Bonchev–Trinajstić information content (AvgIpc) is 3.31. The summed E-state index contributed by atoms with van der Waals surface area (Å²) in [7, 11) is 0. The quantitative estimate of drug-likeness (QED) is 0.231. The van der Waals surface area contributed by atoms with E-state index in [1.807, 2.05) is 84.9 Å². The van der Waals surface area contributed by atoms with Gasteiger partial charge in [0.2, 0.25) is 5.91 Å². The van der Waals surface area contributed by atoms with Gasteiger partial charge in [-0.3, -0.25) is 9.36 Å². The molecular weight excluding hydrogens is 466 g/mol. The Labute approximate surface area is 214 Å². The van der Waals surface area contributed by atoms with Crippen LogP contribution < -0.4 is 10.6 Å². The molecule has 0 radical (unpaired) electrons. The first-order valence-corrected chi connectivity index (χ1v) is 12.9. The summed E-state index contributed by atoms with van der Waals surface area (Å²) < 4.78 is 2.05. The van der Waals surface area contributed by atoms with Crippen molar-refractivity contribution in [2.24, 2.45) is 0 Å². The molecule has 0 aliphatic carbocycles. The van der Waals surface area contributed by atoms with E-state index in [-0.39, 0.29) is 5.91 Å². The van der Waals surface area contributed by atoms with Crippen LogP contribution in [0.2, 0.25) is 0 Å². The van der Waals surface area contributed by atoms with E-state index in [0.717, 1.165) is 38.8 Å². The summed E-state index contributed by atoms with van der Waals surface area (Å²) in [6.07, 6.45) is 0.367. The molecule has 0 aliphatic rings. The SMILES string of the molecule is Cc1ccccc1NCc1nnc(SCCC(=O)Nc2cccc3ccccc23)n1-c1ccccc1. The molecular formula is C29H27N5OS. The lowest BCUT2D eigenvalue weighted by atomic mass is 10.1. The van der Waals surface area contributed by atoms with E-state index in [4.69, 9.17) is 0 Å². The van der Waals surface area contributed by atoms with Gasteiger partial charge >= 0.3 is 0 Å². The van der Waals surface area contributed by atoms with E-state index in [9.17, 15) is 4.79 Å². The van der Waals surface area contributed by atoms with Crippen LogP contribution in [0.1, 0.15) is 17.8 Å². The molecule has 1 heterocycles. The van der Waals surface area contributed by atoms with Gasteiger partial charge in [-0.15, -0.1) is 10.2 Å². The van der Waals surface area contributed by atoms with Gasteiger partial charge in [-0.2, -0.15) is 0 Å². The zero-order chi connectivity index (χ0) is 24.7. The second-order valence-corrected chi connectivity index (χ2v) is 9.47. The number of rotatable bonds is 9. The molecule has 180 valence electrons. The fourth-order valence-electron chi connectivity index (χ4n) is 4.07. The third-order valence-electron chi connectivity index (χ3n) is 5.92. The van der Waals surface area contributed by atoms with Gasteiger partial charge in [-0.1, -0.05) is 84.6 Å². The second-order valence-electron chi connectivity index (χ2n) is 8.41. The third-order valence-corrected chi connectivity index (χ3v) is 6.85. The number of nitrogens with one attached hydrogen (secondary N) is 2. The van der Waals surface area contributed by atoms with E-state index in [1.54, 1.807) is 0 Å². The maximum Gasteiger partial charge on any atom is 0.225 e. The molecule has 36 heavy (non-hydrogen) atoms. The second kappa shape index (κ2) is 11.1. The summed E-state index contributed by atoms with van der Waals surface area (Å²) in [6.45, 7) is 2.61. The molecule has 0 fully saturated rings. The van der Waals surface area contributed by atoms with Crippen LogP contribution in [0.4, 0.5) is 11.4 Å². The number of aromatic nitrogens is 3. The van der Waals surface area contributed by atoms with Crippen LogP contribution >= 0.6 is 11.8 Å². The summed E-state index contributed by atoms with van der Waals surface area (Å²) in [5.41, 5.74) is 4.07. The Hall–Kier alpha value is -4.10. The van der Waals surface area contributed by atoms with Crippen LogP contribution in [-0.4, -0.2) is 26.4 Å². The maximum absolute atomic E-state index is 12.7. The van der Waals surface area contributed by atoms with Gasteiger partial charge in [0.25, 0.3) is 0 Å². The highest BCUT2D eigenvalue weighted by Crippen LogP contribution is 2.25. The van der Waals surface area contributed by atoms with Gasteiger partial charge in [-0.25, -0.2) is 0 Å². The Morgan fingerprint density at radius 3 is 2.42 bits per heavy atom. The standard InChI is InChI=1S/C29H27N5OS/c1-21-10-5-8-16-25(21)30-20-27-32-33-29(34(27)23-13-3-2-4-14-23)36-19-18-28(35)31-26-17-9-12-22-11-6-7-15-24(22)26/h2-17,30H,18-20H2,1H3,(H,31,35). The molecule has 7 heteroatoms. The maximum atomic E-state index is 12.7. The number of para-hydroxylation sites is 2. The van der Waals surface area contributed by atoms with E-state index >= 15 is 0 Å². The van der Waals surface area contributed by atoms with Gasteiger partial charge < -0.3 is 10.6 Å². The van der Waals surface area contributed by atoms with Crippen molar-refractivity contribution in [2.45, 2.75) is 25.0 Å². The number of fused-ring (bicyclic) bond motifs is 1. The number of carbonyl (C=O) groups is 1. The van der Waals surface area contributed by atoms with Crippen molar-refractivity contribution < 1.29 is 4.79 Å². The lowest BCUT2D eigenvalue weighted by molar-refractivity contribution is -0.115. The van der Waals surface area contributed by atoms with Gasteiger partial charge in [0.15, 0.2) is 11.0 Å². The highest BCUT2D eigenvalue weighted by molar-refractivity contribution is 7.99. The van der Waals surface area contributed by atoms with Crippen LogP contribution in [0, 0.1) is 6.92 Å². The van der Waals surface area contributed by atoms with E-state index in [0.29, 0.717) is 18.7 Å². The lowest BCUT2D eigenvalue weighted by Crippen LogP contribution is -2.13. The summed E-state index contributed by atoms with van der Waals surface area (Å²) in [6, 6.07) is 32.2. The highest BCUT2D eigenvalue weighted by Gasteiger charge is 2.15. The Kier molecular flexibility index (Phi) is 7.28. The van der Waals surface area contributed by atoms with E-state index < -0.39 is 0 Å². The fourth-order valence-corrected chi connectivity index (χ4v) is 4.98. The number of thioether (sulfide) groups is 1. The first-order chi connectivity index (χ1) is 17.7. The number of hydrogen-bond acceptors (Lipinski definition) is 5. The Morgan fingerprint density at radius 1 is 0.833 bits per heavy atom. The van der Waals surface area contributed by atoms with Gasteiger partial charge in [0.1, 0.15) is 0 Å². The first-order valence-electron chi connectivity index (χ1n) is 11.9. The minimum atomic E-state index is -0.0222. The Bertz CT molecular complexity index is 1480. The number of anilines is 2. The largest absolute Gasteiger partial charge is 0.378 e. The normalized spacial score (nSPS) is 10.9. The number of nitrogens with zero attached hydrogens (tertiary/aromatic N) is 3. The molecule has 0 atom stereocenters. The first kappa shape index (κ1) is 23.6. The summed E-state index contributed by atoms with van der Waals surface area (Å²) >= 11 is 1.53. The minimum absolute atomic E-state index is 0.0222. The minimum Gasteiger partial charge on any atom is -0.378 e. The van der Waals surface area contributed by atoms with Gasteiger partial charge in [0, 0.05) is 34.6 Å². The van der Waals surface area contributed by atoms with Crippen molar-refractivity contribution in [1.29, 1.82) is 0 Å². The van der Waals surface area contributed by atoms with Crippen molar-refractivity contribution in [2.75, 3.05) is 16.4 Å². The monoisotopic (exact) mass is 493 g/mol. The van der Waals surface area contributed by atoms with E-state index in [2.05, 4.69) is 44.5 Å². The number of carbonyl (C=O) groups excluding carboxylic acids is 1. The number of aryl methyl sites for hydroxylation is 1. The van der Waals surface area contributed by atoms with Crippen molar-refractivity contribution >= 4 is 39.8 Å². The Balaban J connectivity index is 1.27. The Morgan fingerprint density at radius 2 is 1.56 bits per heavy atom. The molecule has 0 saturated carbocycles. The van der Waals surface area contributed by atoms with Gasteiger partial charge in [-0.05, 0) is 42.1 Å². The molecule has 4 aromatic carbocycles. The molecule has 0 bridgehead atoms. The fraction of sp³-hybridized carbons (Fsp3) is 0.138. The zero-order valence-electron chi connectivity index (χ0n) is 20.0. The highest BCUT2D eigenvalue weighted by atomic mass is 32.2. The molecule has 6 nitrogen and oxygen atoms in total. The molecule has 5 aromatic rings. The molecule has 5 rings (SSSR count). The zero-order valence-corrected chi connectivity index (χ0v) is 20.8. The van der Waals surface area contributed by atoms with Crippen LogP contribution in [-0.2, 0) is 11.3 Å². The molecule has 0 spiro atoms. The molecule has 0 aliphatic heterocycles. The molecule has 2 N–H and O–H groups in total. The van der Waals surface area contributed by atoms with Crippen LogP contribution in [0.15, 0.2) is 102 Å². The smallest absolute Gasteiger partial charge is 0.225 e. The summed E-state index contributed by atoms with van der Waals surface area (Å²) in [5, 5.41) is 18.4. The van der Waals surface area contributed by atoms with Crippen molar-refractivity contribution in [1.82, 2.24) is 14.8 Å². The van der Waals surface area contributed by atoms with Crippen molar-refractivity contribution in [3.05, 3.63) is 108 Å². The molecule has 0 unspecified atom stereocenters. The summed E-state index contributed by atoms with van der Waals surface area (Å²) in [4.78, 5) is 12.7. The summed E-state index contributed by atoms with van der Waals surface area (Å²) in [5.74, 6) is 1.38. The van der Waals surface area contributed by atoms with Crippen molar-refractivity contribution in [3.63, 3.8) is 0 Å². The number of amides is 1. The number of hydrogen-bond donors (Lipinski definition) is 2. The van der Waals surface area contributed by atoms with Crippen molar-refractivity contribution in [3.8, 4) is 5.69 Å². The molecule has 1 amide bonds. The van der Waals surface area contributed by atoms with E-state index in [1.165, 1.54) is 17.3 Å². The average molecular weight is 494 g/mol.